The van der Waals surface area contributed by atoms with E-state index in [0.717, 1.165) is 16.6 Å². The third-order valence-electron chi connectivity index (χ3n) is 2.71. The largest absolute Gasteiger partial charge is 0.338 e. The lowest BCUT2D eigenvalue weighted by atomic mass is 10.2. The molecule has 0 atom stereocenters. The van der Waals surface area contributed by atoms with Crippen LogP contribution in [-0.2, 0) is 0 Å². The lowest BCUT2D eigenvalue weighted by Crippen LogP contribution is -1.82. The first-order chi connectivity index (χ1) is 9.04. The summed E-state index contributed by atoms with van der Waals surface area (Å²) >= 11 is 9.42. The molecule has 0 spiro atoms. The molecule has 0 aliphatic rings. The SMILES string of the molecule is Fc1cc2nc(-c3ccc(Br)cc3Cl)[nH]c2cc1F. The highest BCUT2D eigenvalue weighted by Gasteiger charge is 2.12. The van der Waals surface area contributed by atoms with Crippen LogP contribution in [0.1, 0.15) is 0 Å². The molecule has 2 aromatic carbocycles. The molecule has 3 rings (SSSR count). The number of halogens is 4. The average Bonchev–Trinajstić information content (AvgIpc) is 2.72. The summed E-state index contributed by atoms with van der Waals surface area (Å²) in [5.74, 6) is -1.37. The van der Waals surface area contributed by atoms with E-state index in [0.29, 0.717) is 27.4 Å². The van der Waals surface area contributed by atoms with Gasteiger partial charge in [0.15, 0.2) is 11.6 Å². The van der Waals surface area contributed by atoms with Crippen molar-refractivity contribution in [2.24, 2.45) is 0 Å². The topological polar surface area (TPSA) is 28.7 Å². The van der Waals surface area contributed by atoms with Crippen molar-refractivity contribution in [3.8, 4) is 11.4 Å². The van der Waals surface area contributed by atoms with Gasteiger partial charge in [-0.15, -0.1) is 0 Å². The Morgan fingerprint density at radius 3 is 2.58 bits per heavy atom. The molecule has 0 saturated heterocycles. The third-order valence-corrected chi connectivity index (χ3v) is 3.52. The maximum Gasteiger partial charge on any atom is 0.161 e. The van der Waals surface area contributed by atoms with E-state index in [4.69, 9.17) is 11.6 Å². The smallest absolute Gasteiger partial charge is 0.161 e. The normalized spacial score (nSPS) is 11.2. The number of H-pyrrole nitrogens is 1. The van der Waals surface area contributed by atoms with Crippen LogP contribution in [0.25, 0.3) is 22.4 Å². The number of imidazole rings is 1. The van der Waals surface area contributed by atoms with Crippen molar-refractivity contribution in [1.29, 1.82) is 0 Å². The summed E-state index contributed by atoms with van der Waals surface area (Å²) in [5.41, 5.74) is 1.45. The van der Waals surface area contributed by atoms with E-state index in [1.54, 1.807) is 12.1 Å². The minimum atomic E-state index is -0.924. The molecule has 1 N–H and O–H groups in total. The highest BCUT2D eigenvalue weighted by molar-refractivity contribution is 9.10. The zero-order valence-electron chi connectivity index (χ0n) is 9.35. The van der Waals surface area contributed by atoms with Gasteiger partial charge in [-0.3, -0.25) is 0 Å². The van der Waals surface area contributed by atoms with Gasteiger partial charge in [0, 0.05) is 22.2 Å². The number of aromatic amines is 1. The zero-order chi connectivity index (χ0) is 13.6. The van der Waals surface area contributed by atoms with Gasteiger partial charge in [0.2, 0.25) is 0 Å². The molecule has 0 bridgehead atoms. The summed E-state index contributed by atoms with van der Waals surface area (Å²) in [4.78, 5) is 7.14. The number of benzene rings is 2. The van der Waals surface area contributed by atoms with E-state index < -0.39 is 11.6 Å². The second kappa shape index (κ2) is 4.58. The van der Waals surface area contributed by atoms with Crippen LogP contribution in [0, 0.1) is 11.6 Å². The molecule has 19 heavy (non-hydrogen) atoms. The van der Waals surface area contributed by atoms with Crippen molar-refractivity contribution in [3.05, 3.63) is 51.5 Å². The molecule has 6 heteroatoms. The number of nitrogens with one attached hydrogen (secondary N) is 1. The molecule has 1 aromatic heterocycles. The Balaban J connectivity index is 2.20. The van der Waals surface area contributed by atoms with Crippen molar-refractivity contribution in [3.63, 3.8) is 0 Å². The number of fused-ring (bicyclic) bond motifs is 1. The van der Waals surface area contributed by atoms with E-state index >= 15 is 0 Å². The van der Waals surface area contributed by atoms with Gasteiger partial charge in [0.05, 0.1) is 16.1 Å². The molecule has 96 valence electrons. The fraction of sp³-hybridized carbons (Fsp3) is 0. The highest BCUT2D eigenvalue weighted by atomic mass is 79.9. The molecular formula is C13H6BrClF2N2. The fourth-order valence-electron chi connectivity index (χ4n) is 1.81. The van der Waals surface area contributed by atoms with E-state index in [1.165, 1.54) is 0 Å². The Morgan fingerprint density at radius 2 is 1.84 bits per heavy atom. The van der Waals surface area contributed by atoms with Crippen molar-refractivity contribution >= 4 is 38.6 Å². The predicted molar refractivity (Wildman–Crippen MR) is 74.2 cm³/mol. The van der Waals surface area contributed by atoms with Crippen LogP contribution in [0.3, 0.4) is 0 Å². The minimum absolute atomic E-state index is 0.355. The van der Waals surface area contributed by atoms with Crippen LogP contribution in [0.4, 0.5) is 8.78 Å². The molecule has 0 radical (unpaired) electrons. The Kier molecular flexibility index (Phi) is 3.03. The predicted octanol–water partition coefficient (Wildman–Crippen LogP) is 4.92. The summed E-state index contributed by atoms with van der Waals surface area (Å²) < 4.78 is 27.1. The Bertz CT molecular complexity index is 747. The number of hydrogen-bond acceptors (Lipinski definition) is 1. The van der Waals surface area contributed by atoms with Gasteiger partial charge in [-0.2, -0.15) is 0 Å². The van der Waals surface area contributed by atoms with Crippen LogP contribution in [0.15, 0.2) is 34.8 Å². The number of aromatic nitrogens is 2. The van der Waals surface area contributed by atoms with Crippen LogP contribution >= 0.6 is 27.5 Å². The van der Waals surface area contributed by atoms with Crippen molar-refractivity contribution < 1.29 is 8.78 Å². The van der Waals surface area contributed by atoms with Crippen LogP contribution in [0.2, 0.25) is 5.02 Å². The van der Waals surface area contributed by atoms with E-state index in [1.807, 2.05) is 6.07 Å². The van der Waals surface area contributed by atoms with Crippen molar-refractivity contribution in [2.75, 3.05) is 0 Å². The molecule has 0 fully saturated rings. The van der Waals surface area contributed by atoms with Gasteiger partial charge >= 0.3 is 0 Å². The van der Waals surface area contributed by atoms with Gasteiger partial charge in [0.1, 0.15) is 5.82 Å². The molecule has 0 saturated carbocycles. The molecule has 1 heterocycles. The van der Waals surface area contributed by atoms with Crippen molar-refractivity contribution in [1.82, 2.24) is 9.97 Å². The molecule has 2 nitrogen and oxygen atoms in total. The first kappa shape index (κ1) is 12.6. The number of nitrogens with zero attached hydrogens (tertiary/aromatic N) is 1. The standard InChI is InChI=1S/C13H6BrClF2N2/c14-6-1-2-7(8(15)3-6)13-18-11-4-9(16)10(17)5-12(11)19-13/h1-5H,(H,18,19). The second-order valence-corrected chi connectivity index (χ2v) is 5.32. The van der Waals surface area contributed by atoms with E-state index in [-0.39, 0.29) is 0 Å². The molecule has 0 aliphatic heterocycles. The Morgan fingerprint density at radius 1 is 1.11 bits per heavy atom. The lowest BCUT2D eigenvalue weighted by Gasteiger charge is -2.00. The van der Waals surface area contributed by atoms with Gasteiger partial charge in [-0.25, -0.2) is 13.8 Å². The summed E-state index contributed by atoms with van der Waals surface area (Å²) in [6, 6.07) is 7.45. The highest BCUT2D eigenvalue weighted by Crippen LogP contribution is 2.30. The fourth-order valence-corrected chi connectivity index (χ4v) is 2.58. The molecule has 0 aliphatic carbocycles. The molecule has 0 amide bonds. The lowest BCUT2D eigenvalue weighted by molar-refractivity contribution is 0.510. The average molecular weight is 344 g/mol. The van der Waals surface area contributed by atoms with Gasteiger partial charge in [0.25, 0.3) is 0 Å². The molecule has 0 unspecified atom stereocenters. The summed E-state index contributed by atoms with van der Waals surface area (Å²) in [6.45, 7) is 0. The molecule has 3 aromatic rings. The zero-order valence-corrected chi connectivity index (χ0v) is 11.7. The van der Waals surface area contributed by atoms with Crippen LogP contribution in [0.5, 0.6) is 0 Å². The summed E-state index contributed by atoms with van der Waals surface area (Å²) in [5, 5.41) is 0.495. The summed E-state index contributed by atoms with van der Waals surface area (Å²) in [7, 11) is 0. The maximum atomic E-state index is 13.1. The Labute approximate surface area is 120 Å². The first-order valence-corrected chi connectivity index (χ1v) is 6.52. The minimum Gasteiger partial charge on any atom is -0.338 e. The van der Waals surface area contributed by atoms with Crippen molar-refractivity contribution in [2.45, 2.75) is 0 Å². The number of rotatable bonds is 1. The second-order valence-electron chi connectivity index (χ2n) is 3.99. The third kappa shape index (κ3) is 2.24. The maximum absolute atomic E-state index is 13.1. The van der Waals surface area contributed by atoms with Crippen LogP contribution in [-0.4, -0.2) is 9.97 Å². The quantitative estimate of drug-likeness (QED) is 0.667. The van der Waals surface area contributed by atoms with E-state index in [2.05, 4.69) is 25.9 Å². The van der Waals surface area contributed by atoms with Gasteiger partial charge in [-0.05, 0) is 18.2 Å². The molecular weight excluding hydrogens is 338 g/mol. The van der Waals surface area contributed by atoms with E-state index in [9.17, 15) is 8.78 Å². The van der Waals surface area contributed by atoms with Crippen LogP contribution < -0.4 is 0 Å². The first-order valence-electron chi connectivity index (χ1n) is 5.35. The number of hydrogen-bond donors (Lipinski definition) is 1. The summed E-state index contributed by atoms with van der Waals surface area (Å²) in [6.07, 6.45) is 0. The monoisotopic (exact) mass is 342 g/mol. The van der Waals surface area contributed by atoms with Gasteiger partial charge in [-0.1, -0.05) is 27.5 Å². The van der Waals surface area contributed by atoms with Gasteiger partial charge < -0.3 is 4.98 Å². The Hall–Kier alpha value is -1.46.